The van der Waals surface area contributed by atoms with Crippen molar-refractivity contribution in [2.45, 2.75) is 19.8 Å². The second-order valence-corrected chi connectivity index (χ2v) is 5.06. The van der Waals surface area contributed by atoms with Crippen molar-refractivity contribution >= 4 is 23.1 Å². The molecule has 0 bridgehead atoms. The van der Waals surface area contributed by atoms with Gasteiger partial charge in [0, 0.05) is 6.20 Å². The molecule has 0 amide bonds. The molecule has 3 rings (SSSR count). The van der Waals surface area contributed by atoms with Crippen LogP contribution in [0.25, 0.3) is 5.65 Å². The molecule has 6 nitrogen and oxygen atoms in total. The van der Waals surface area contributed by atoms with Crippen molar-refractivity contribution in [1.29, 1.82) is 0 Å². The van der Waals surface area contributed by atoms with Crippen molar-refractivity contribution in [3.8, 4) is 0 Å². The summed E-state index contributed by atoms with van der Waals surface area (Å²) in [6.45, 7) is 2.05. The molecule has 0 unspecified atom stereocenters. The van der Waals surface area contributed by atoms with E-state index in [1.54, 1.807) is 10.6 Å². The average Bonchev–Trinajstić information content (AvgIpc) is 2.89. The van der Waals surface area contributed by atoms with Crippen molar-refractivity contribution in [2.75, 3.05) is 0 Å². The van der Waals surface area contributed by atoms with Crippen molar-refractivity contribution in [3.63, 3.8) is 0 Å². The highest BCUT2D eigenvalue weighted by atomic mass is 16.4. The summed E-state index contributed by atoms with van der Waals surface area (Å²) in [5, 5.41) is 17.7. The molecule has 0 fully saturated rings. The van der Waals surface area contributed by atoms with Gasteiger partial charge in [-0.25, -0.2) is 4.98 Å². The summed E-state index contributed by atoms with van der Waals surface area (Å²) in [6, 6.07) is 13.3. The van der Waals surface area contributed by atoms with E-state index < -0.39 is 5.97 Å². The minimum Gasteiger partial charge on any atom is -0.481 e. The largest absolute Gasteiger partial charge is 0.481 e. The van der Waals surface area contributed by atoms with Crippen molar-refractivity contribution < 1.29 is 9.90 Å². The zero-order valence-corrected chi connectivity index (χ0v) is 12.7. The van der Waals surface area contributed by atoms with Crippen LogP contribution in [-0.4, -0.2) is 20.5 Å². The van der Waals surface area contributed by atoms with E-state index in [1.165, 1.54) is 0 Å². The van der Waals surface area contributed by atoms with Crippen molar-refractivity contribution in [2.24, 2.45) is 10.2 Å². The number of aryl methyl sites for hydroxylation is 1. The monoisotopic (exact) mass is 308 g/mol. The first-order chi connectivity index (χ1) is 11.2. The number of rotatable bonds is 5. The van der Waals surface area contributed by atoms with Gasteiger partial charge in [-0.2, -0.15) is 0 Å². The fourth-order valence-corrected chi connectivity index (χ4v) is 2.41. The second-order valence-electron chi connectivity index (χ2n) is 5.06. The van der Waals surface area contributed by atoms with Gasteiger partial charge >= 0.3 is 5.97 Å². The predicted octanol–water partition coefficient (Wildman–Crippen LogP) is 3.94. The van der Waals surface area contributed by atoms with Crippen LogP contribution >= 0.6 is 0 Å². The van der Waals surface area contributed by atoms with Crippen LogP contribution in [0.1, 0.15) is 18.2 Å². The molecule has 6 heteroatoms. The molecule has 2 aromatic heterocycles. The van der Waals surface area contributed by atoms with E-state index in [2.05, 4.69) is 22.1 Å². The summed E-state index contributed by atoms with van der Waals surface area (Å²) in [7, 11) is 0. The Balaban J connectivity index is 2.07. The number of fused-ring (bicyclic) bond motifs is 1. The minimum absolute atomic E-state index is 0.189. The Hall–Kier alpha value is -3.02. The maximum Gasteiger partial charge on any atom is 0.309 e. The summed E-state index contributed by atoms with van der Waals surface area (Å²) in [4.78, 5) is 15.4. The smallest absolute Gasteiger partial charge is 0.309 e. The van der Waals surface area contributed by atoms with Crippen LogP contribution in [0.2, 0.25) is 0 Å². The number of pyridine rings is 1. The molecule has 1 aromatic carbocycles. The Bertz CT molecular complexity index is 883. The highest BCUT2D eigenvalue weighted by molar-refractivity contribution is 5.72. The predicted molar refractivity (Wildman–Crippen MR) is 86.5 cm³/mol. The van der Waals surface area contributed by atoms with E-state index >= 15 is 0 Å². The van der Waals surface area contributed by atoms with Crippen LogP contribution in [-0.2, 0) is 17.6 Å². The molecule has 3 aromatic rings. The highest BCUT2D eigenvalue weighted by Gasteiger charge is 2.14. The molecule has 0 saturated carbocycles. The third-order valence-electron chi connectivity index (χ3n) is 3.52. The fraction of sp³-hybridized carbons (Fsp3) is 0.176. The molecule has 0 aliphatic heterocycles. The van der Waals surface area contributed by atoms with Gasteiger partial charge in [-0.3, -0.25) is 9.20 Å². The van der Waals surface area contributed by atoms with Gasteiger partial charge in [0.25, 0.3) is 0 Å². The number of benzene rings is 1. The van der Waals surface area contributed by atoms with Crippen LogP contribution in [0.4, 0.5) is 11.5 Å². The summed E-state index contributed by atoms with van der Waals surface area (Å²) in [6.07, 6.45) is 2.46. The molecule has 0 aliphatic rings. The van der Waals surface area contributed by atoms with Gasteiger partial charge in [-0.05, 0) is 30.2 Å². The van der Waals surface area contributed by atoms with E-state index in [-0.39, 0.29) is 6.42 Å². The third kappa shape index (κ3) is 3.11. The summed E-state index contributed by atoms with van der Waals surface area (Å²) in [5.41, 5.74) is 2.93. The lowest BCUT2D eigenvalue weighted by Gasteiger charge is -2.01. The molecule has 0 radical (unpaired) electrons. The number of aromatic nitrogens is 2. The number of hydrogen-bond acceptors (Lipinski definition) is 4. The summed E-state index contributed by atoms with van der Waals surface area (Å²) < 4.78 is 1.75. The molecular formula is C17H16N4O2. The maximum atomic E-state index is 11.1. The standard InChI is InChI=1S/C17H16N4O2/c1-2-12-7-3-4-8-13(12)19-20-17-14(11-16(22)23)18-15-9-5-6-10-21(15)17/h3-10H,2,11H2,1H3,(H,22,23). The van der Waals surface area contributed by atoms with E-state index in [4.69, 9.17) is 5.11 Å². The van der Waals surface area contributed by atoms with Crippen LogP contribution in [0, 0.1) is 0 Å². The van der Waals surface area contributed by atoms with Gasteiger partial charge in [-0.1, -0.05) is 31.2 Å². The third-order valence-corrected chi connectivity index (χ3v) is 3.52. The van der Waals surface area contributed by atoms with Gasteiger partial charge in [-0.15, -0.1) is 10.2 Å². The average molecular weight is 308 g/mol. The lowest BCUT2D eigenvalue weighted by Crippen LogP contribution is -2.00. The Morgan fingerprint density at radius 3 is 2.74 bits per heavy atom. The number of aliphatic carboxylic acids is 1. The van der Waals surface area contributed by atoms with Crippen LogP contribution in [0.15, 0.2) is 58.9 Å². The zero-order chi connectivity index (χ0) is 16.2. The summed E-state index contributed by atoms with van der Waals surface area (Å²) >= 11 is 0. The van der Waals surface area contributed by atoms with Gasteiger partial charge in [0.1, 0.15) is 5.65 Å². The Kier molecular flexibility index (Phi) is 4.14. The first kappa shape index (κ1) is 14.9. The molecule has 0 aliphatic carbocycles. The van der Waals surface area contributed by atoms with Crippen molar-refractivity contribution in [3.05, 3.63) is 59.9 Å². The second kappa shape index (κ2) is 6.39. The molecule has 0 atom stereocenters. The molecule has 2 heterocycles. The SMILES string of the molecule is CCc1ccccc1N=Nc1c(CC(=O)O)nc2ccccn12. The number of azo groups is 1. The zero-order valence-electron chi connectivity index (χ0n) is 12.7. The number of nitrogens with zero attached hydrogens (tertiary/aromatic N) is 4. The van der Waals surface area contributed by atoms with E-state index in [0.717, 1.165) is 17.7 Å². The molecule has 116 valence electrons. The topological polar surface area (TPSA) is 79.3 Å². The molecule has 23 heavy (non-hydrogen) atoms. The number of carboxylic acid groups (broad SMARTS) is 1. The van der Waals surface area contributed by atoms with Gasteiger partial charge in [0.2, 0.25) is 0 Å². The van der Waals surface area contributed by atoms with Gasteiger partial charge in [0.15, 0.2) is 5.82 Å². The maximum absolute atomic E-state index is 11.1. The van der Waals surface area contributed by atoms with Crippen molar-refractivity contribution in [1.82, 2.24) is 9.38 Å². The normalized spacial score (nSPS) is 11.3. The molecule has 0 saturated heterocycles. The molecule has 0 spiro atoms. The van der Waals surface area contributed by atoms with Gasteiger partial charge < -0.3 is 5.11 Å². The number of carbonyl (C=O) groups is 1. The quantitative estimate of drug-likeness (QED) is 0.725. The van der Waals surface area contributed by atoms with Gasteiger partial charge in [0.05, 0.1) is 17.8 Å². The first-order valence-corrected chi connectivity index (χ1v) is 7.36. The number of imidazole rings is 1. The van der Waals surface area contributed by atoms with E-state index in [0.29, 0.717) is 17.2 Å². The Labute approximate surface area is 133 Å². The van der Waals surface area contributed by atoms with Crippen LogP contribution in [0.5, 0.6) is 0 Å². The highest BCUT2D eigenvalue weighted by Crippen LogP contribution is 2.26. The molecular weight excluding hydrogens is 292 g/mol. The first-order valence-electron chi connectivity index (χ1n) is 7.36. The lowest BCUT2D eigenvalue weighted by atomic mass is 10.1. The van der Waals surface area contributed by atoms with E-state index in [1.807, 2.05) is 42.5 Å². The fourth-order valence-electron chi connectivity index (χ4n) is 2.41. The summed E-state index contributed by atoms with van der Waals surface area (Å²) in [5.74, 6) is -0.493. The van der Waals surface area contributed by atoms with Crippen LogP contribution in [0.3, 0.4) is 0 Å². The minimum atomic E-state index is -0.946. The Morgan fingerprint density at radius 1 is 1.17 bits per heavy atom. The number of hydrogen-bond donors (Lipinski definition) is 1. The Morgan fingerprint density at radius 2 is 1.96 bits per heavy atom. The lowest BCUT2D eigenvalue weighted by molar-refractivity contribution is -0.136. The molecule has 1 N–H and O–H groups in total. The van der Waals surface area contributed by atoms with E-state index in [9.17, 15) is 4.79 Å². The number of carboxylic acids is 1. The van der Waals surface area contributed by atoms with Crippen LogP contribution < -0.4 is 0 Å².